The zero-order valence-electron chi connectivity index (χ0n) is 41.8. The lowest BCUT2D eigenvalue weighted by Crippen LogP contribution is -2.44. The molecule has 0 unspecified atom stereocenters. The molecule has 0 radical (unpaired) electrons. The van der Waals surface area contributed by atoms with E-state index in [4.69, 9.17) is 0 Å². The predicted octanol–water partition coefficient (Wildman–Crippen LogP) is 17.4. The molecule has 0 fully saturated rings. The fourth-order valence-electron chi connectivity index (χ4n) is 11.9. The maximum Gasteiger partial charge on any atom is 0.142 e. The highest BCUT2D eigenvalue weighted by molar-refractivity contribution is 5.99. The molecule has 13 rings (SSSR count). The van der Waals surface area contributed by atoms with Crippen molar-refractivity contribution in [2.24, 2.45) is 0 Å². The summed E-state index contributed by atoms with van der Waals surface area (Å²) in [4.78, 5) is 0. The summed E-state index contributed by atoms with van der Waals surface area (Å²) in [5.41, 5.74) is 13.0. The van der Waals surface area contributed by atoms with Crippen molar-refractivity contribution in [2.75, 3.05) is 0 Å². The maximum atomic E-state index is 14.6. The van der Waals surface area contributed by atoms with Crippen LogP contribution >= 0.6 is 0 Å². The molecule has 0 aromatic heterocycles. The molecule has 0 spiro atoms. The van der Waals surface area contributed by atoms with Gasteiger partial charge >= 0.3 is 0 Å². The van der Waals surface area contributed by atoms with Gasteiger partial charge in [0.15, 0.2) is 0 Å². The normalized spacial score (nSPS) is 15.6. The quantitative estimate of drug-likeness (QED) is 0.134. The first-order valence-corrected chi connectivity index (χ1v) is 26.0. The molecule has 0 amide bonds. The Kier molecular flexibility index (Phi) is 11.9. The monoisotopic (exact) mass is 972 g/mol. The standard InChI is InChI=1S/C74H52O2/c75-73(71-61-37-15-13-33-57(61)43-45-63(71)59-35-21-23-51(47-59)49-65(53-25-5-1-6-26-53)54-27-7-2-8-28-54)67-39-17-19-41-69(67)74(76,70-42-20-18-40-68(70)73)72-62-38-16-14-34-58(62)44-46-64(72)60-36-22-24-52(48-60)50-66(55-29-9-3-10-30-55)56-31-11-4-12-32-56/h1-50,75-76H. The molecule has 1 aliphatic carbocycles. The Bertz CT molecular complexity index is 3770. The maximum absolute atomic E-state index is 14.6. The van der Waals surface area contributed by atoms with E-state index in [1.54, 1.807) is 0 Å². The van der Waals surface area contributed by atoms with Crippen molar-refractivity contribution in [2.45, 2.75) is 11.2 Å². The second kappa shape index (κ2) is 19.4. The molecular formula is C74H52O2. The van der Waals surface area contributed by atoms with Gasteiger partial charge < -0.3 is 10.2 Å². The zero-order valence-corrected chi connectivity index (χ0v) is 41.8. The van der Waals surface area contributed by atoms with E-state index in [0.717, 1.165) is 99.5 Å². The Morgan fingerprint density at radius 1 is 0.276 bits per heavy atom. The number of benzene rings is 12. The van der Waals surface area contributed by atoms with Crippen LogP contribution in [0.15, 0.2) is 291 Å². The van der Waals surface area contributed by atoms with Gasteiger partial charge in [0.05, 0.1) is 0 Å². The number of aliphatic hydroxyl groups is 2. The molecule has 76 heavy (non-hydrogen) atoms. The minimum atomic E-state index is -1.73. The Labute approximate surface area is 444 Å². The first kappa shape index (κ1) is 46.4. The first-order valence-electron chi connectivity index (χ1n) is 26.0. The Morgan fingerprint density at radius 2 is 0.579 bits per heavy atom. The van der Waals surface area contributed by atoms with Gasteiger partial charge in [-0.1, -0.05) is 279 Å². The summed E-state index contributed by atoms with van der Waals surface area (Å²) in [7, 11) is 0. The third kappa shape index (κ3) is 8.00. The summed E-state index contributed by atoms with van der Waals surface area (Å²) in [5, 5.41) is 33.0. The SMILES string of the molecule is OC1(c2c(-c3cccc(C=C(c4ccccc4)c4ccccc4)c3)ccc3ccccc23)c2ccccc2C(O)(c2c(-c3cccc(C=C(c4ccccc4)c4ccccc4)c3)ccc3ccccc23)c2ccccc21. The molecule has 0 atom stereocenters. The Hall–Kier alpha value is -9.44. The van der Waals surface area contributed by atoms with Gasteiger partial charge in [0.25, 0.3) is 0 Å². The third-order valence-corrected chi connectivity index (χ3v) is 15.4. The topological polar surface area (TPSA) is 40.5 Å². The van der Waals surface area contributed by atoms with Gasteiger partial charge in [-0.05, 0) is 135 Å². The van der Waals surface area contributed by atoms with Crippen LogP contribution in [0.1, 0.15) is 66.8 Å². The zero-order chi connectivity index (χ0) is 51.1. The first-order chi connectivity index (χ1) is 37.5. The molecule has 0 saturated heterocycles. The highest BCUT2D eigenvalue weighted by Crippen LogP contribution is 2.58. The van der Waals surface area contributed by atoms with E-state index < -0.39 is 11.2 Å². The number of hydrogen-bond donors (Lipinski definition) is 2. The van der Waals surface area contributed by atoms with E-state index in [1.165, 1.54) is 0 Å². The average molecular weight is 973 g/mol. The molecule has 2 N–H and O–H groups in total. The average Bonchev–Trinajstić information content (AvgIpc) is 3.57. The molecule has 2 nitrogen and oxygen atoms in total. The molecule has 1 aliphatic rings. The molecule has 360 valence electrons. The van der Waals surface area contributed by atoms with Crippen molar-refractivity contribution in [3.05, 3.63) is 358 Å². The summed E-state index contributed by atoms with van der Waals surface area (Å²) in [6, 6.07) is 101. The van der Waals surface area contributed by atoms with Gasteiger partial charge in [0, 0.05) is 11.1 Å². The van der Waals surface area contributed by atoms with Crippen molar-refractivity contribution in [3.63, 3.8) is 0 Å². The van der Waals surface area contributed by atoms with Crippen LogP contribution < -0.4 is 0 Å². The van der Waals surface area contributed by atoms with Crippen LogP contribution in [0.4, 0.5) is 0 Å². The highest BCUT2D eigenvalue weighted by atomic mass is 16.3. The van der Waals surface area contributed by atoms with Crippen molar-refractivity contribution >= 4 is 44.8 Å². The molecule has 0 bridgehead atoms. The van der Waals surface area contributed by atoms with Crippen LogP contribution in [0.25, 0.3) is 67.1 Å². The van der Waals surface area contributed by atoms with Crippen LogP contribution in [0.2, 0.25) is 0 Å². The van der Waals surface area contributed by atoms with Crippen molar-refractivity contribution < 1.29 is 10.2 Å². The van der Waals surface area contributed by atoms with Crippen LogP contribution in [-0.4, -0.2) is 10.2 Å². The Morgan fingerprint density at radius 3 is 0.921 bits per heavy atom. The summed E-state index contributed by atoms with van der Waals surface area (Å²) >= 11 is 0. The summed E-state index contributed by atoms with van der Waals surface area (Å²) in [6.45, 7) is 0. The van der Waals surface area contributed by atoms with E-state index in [-0.39, 0.29) is 0 Å². The Balaban J connectivity index is 1.03. The molecular weight excluding hydrogens is 921 g/mol. The highest BCUT2D eigenvalue weighted by Gasteiger charge is 2.53. The number of rotatable bonds is 10. The fourth-order valence-corrected chi connectivity index (χ4v) is 11.9. The van der Waals surface area contributed by atoms with Crippen molar-refractivity contribution in [3.8, 4) is 22.3 Å². The van der Waals surface area contributed by atoms with Crippen LogP contribution in [0.3, 0.4) is 0 Å². The van der Waals surface area contributed by atoms with Gasteiger partial charge in [-0.2, -0.15) is 0 Å². The van der Waals surface area contributed by atoms with Gasteiger partial charge in [0.1, 0.15) is 11.2 Å². The van der Waals surface area contributed by atoms with Gasteiger partial charge in [-0.3, -0.25) is 0 Å². The van der Waals surface area contributed by atoms with E-state index in [1.807, 2.05) is 72.8 Å². The minimum Gasteiger partial charge on any atom is -0.376 e. The molecule has 12 aromatic carbocycles. The lowest BCUT2D eigenvalue weighted by Gasteiger charge is -2.46. The van der Waals surface area contributed by atoms with E-state index in [0.29, 0.717) is 22.3 Å². The molecule has 0 aliphatic heterocycles. The van der Waals surface area contributed by atoms with Gasteiger partial charge in [-0.15, -0.1) is 0 Å². The summed E-state index contributed by atoms with van der Waals surface area (Å²) in [5.74, 6) is 0. The van der Waals surface area contributed by atoms with Gasteiger partial charge in [0.2, 0.25) is 0 Å². The molecule has 0 heterocycles. The molecule has 2 heteroatoms. The molecule has 12 aromatic rings. The van der Waals surface area contributed by atoms with Crippen LogP contribution in [0, 0.1) is 0 Å². The van der Waals surface area contributed by atoms with Crippen LogP contribution in [0.5, 0.6) is 0 Å². The predicted molar refractivity (Wildman–Crippen MR) is 316 cm³/mol. The smallest absolute Gasteiger partial charge is 0.142 e. The van der Waals surface area contributed by atoms with E-state index >= 15 is 0 Å². The summed E-state index contributed by atoms with van der Waals surface area (Å²) in [6.07, 6.45) is 4.52. The summed E-state index contributed by atoms with van der Waals surface area (Å²) < 4.78 is 0. The van der Waals surface area contributed by atoms with E-state index in [9.17, 15) is 10.2 Å². The minimum absolute atomic E-state index is 0.617. The lowest BCUT2D eigenvalue weighted by molar-refractivity contribution is 0.0769. The second-order valence-corrected chi connectivity index (χ2v) is 19.8. The third-order valence-electron chi connectivity index (χ3n) is 15.4. The van der Waals surface area contributed by atoms with Crippen molar-refractivity contribution in [1.82, 2.24) is 0 Å². The van der Waals surface area contributed by atoms with E-state index in [2.05, 4.69) is 231 Å². The van der Waals surface area contributed by atoms with Crippen molar-refractivity contribution in [1.29, 1.82) is 0 Å². The second-order valence-electron chi connectivity index (χ2n) is 19.8. The lowest BCUT2D eigenvalue weighted by atomic mass is 9.61. The number of hydrogen-bond acceptors (Lipinski definition) is 2. The number of fused-ring (bicyclic) bond motifs is 4. The largest absolute Gasteiger partial charge is 0.376 e. The fraction of sp³-hybridized carbons (Fsp3) is 0.0270. The van der Waals surface area contributed by atoms with Crippen LogP contribution in [-0.2, 0) is 11.2 Å². The van der Waals surface area contributed by atoms with Gasteiger partial charge in [-0.25, -0.2) is 0 Å². The molecule has 0 saturated carbocycles.